The second-order valence-corrected chi connectivity index (χ2v) is 7.20. The van der Waals surface area contributed by atoms with Crippen molar-refractivity contribution in [3.8, 4) is 0 Å². The molecule has 0 amide bonds. The number of hydrogen-bond donors (Lipinski definition) is 1. The van der Waals surface area contributed by atoms with Gasteiger partial charge >= 0.3 is 0 Å². The molecule has 0 spiro atoms. The van der Waals surface area contributed by atoms with Crippen LogP contribution in [0.15, 0.2) is 17.3 Å². The summed E-state index contributed by atoms with van der Waals surface area (Å²) in [5, 5.41) is 4.12. The largest absolute Gasteiger partial charge is 0.330 e. The maximum absolute atomic E-state index is 12.8. The zero-order chi connectivity index (χ0) is 15.9. The van der Waals surface area contributed by atoms with Crippen molar-refractivity contribution in [1.29, 1.82) is 0 Å². The monoisotopic (exact) mass is 316 g/mol. The van der Waals surface area contributed by atoms with Crippen LogP contribution in [0, 0.1) is 0 Å². The van der Waals surface area contributed by atoms with Crippen molar-refractivity contribution in [3.63, 3.8) is 0 Å². The number of aromatic nitrogens is 2. The maximum atomic E-state index is 12.8. The molecule has 2 N–H and O–H groups in total. The van der Waals surface area contributed by atoms with Gasteiger partial charge in [-0.15, -0.1) is 0 Å². The van der Waals surface area contributed by atoms with E-state index in [1.54, 1.807) is 15.2 Å². The van der Waals surface area contributed by atoms with Gasteiger partial charge in [0.2, 0.25) is 10.0 Å². The van der Waals surface area contributed by atoms with Crippen molar-refractivity contribution < 1.29 is 8.42 Å². The van der Waals surface area contributed by atoms with E-state index in [1.165, 1.54) is 6.20 Å². The molecule has 0 aliphatic carbocycles. The van der Waals surface area contributed by atoms with Gasteiger partial charge in [-0.2, -0.15) is 9.40 Å². The summed E-state index contributed by atoms with van der Waals surface area (Å²) in [6, 6.07) is -0.00561. The van der Waals surface area contributed by atoms with Crippen LogP contribution in [-0.2, 0) is 16.6 Å². The summed E-state index contributed by atoms with van der Waals surface area (Å²) in [5.41, 5.74) is 5.46. The summed E-state index contributed by atoms with van der Waals surface area (Å²) in [4.78, 5) is 0.274. The Kier molecular flexibility index (Phi) is 7.34. The Hall–Kier alpha value is -0.920. The lowest BCUT2D eigenvalue weighted by Gasteiger charge is -2.26. The van der Waals surface area contributed by atoms with Crippen LogP contribution in [0.25, 0.3) is 0 Å². The van der Waals surface area contributed by atoms with Gasteiger partial charge in [0.25, 0.3) is 0 Å². The molecule has 1 atom stereocenters. The van der Waals surface area contributed by atoms with Crippen molar-refractivity contribution in [1.82, 2.24) is 14.1 Å². The van der Waals surface area contributed by atoms with E-state index in [0.29, 0.717) is 19.6 Å². The highest BCUT2D eigenvalue weighted by molar-refractivity contribution is 7.89. The van der Waals surface area contributed by atoms with Crippen LogP contribution in [0.4, 0.5) is 0 Å². The Morgan fingerprint density at radius 2 is 2.10 bits per heavy atom. The molecule has 0 aromatic carbocycles. The van der Waals surface area contributed by atoms with E-state index in [0.717, 1.165) is 25.7 Å². The summed E-state index contributed by atoms with van der Waals surface area (Å²) in [5.74, 6) is 0. The molecule has 6 nitrogen and oxygen atoms in total. The summed E-state index contributed by atoms with van der Waals surface area (Å²) in [7, 11) is -3.47. The van der Waals surface area contributed by atoms with E-state index in [4.69, 9.17) is 5.73 Å². The van der Waals surface area contributed by atoms with Crippen molar-refractivity contribution in [2.75, 3.05) is 13.1 Å². The lowest BCUT2D eigenvalue weighted by atomic mass is 10.2. The minimum atomic E-state index is -3.47. The van der Waals surface area contributed by atoms with Crippen molar-refractivity contribution in [3.05, 3.63) is 12.4 Å². The molecule has 1 aromatic heterocycles. The van der Waals surface area contributed by atoms with Crippen LogP contribution in [-0.4, -0.2) is 41.6 Å². The fraction of sp³-hybridized carbons (Fsp3) is 0.786. The van der Waals surface area contributed by atoms with Gasteiger partial charge in [0.05, 0.1) is 6.20 Å². The number of rotatable bonds is 10. The average Bonchev–Trinajstić information content (AvgIpc) is 2.94. The lowest BCUT2D eigenvalue weighted by molar-refractivity contribution is 0.324. The van der Waals surface area contributed by atoms with Gasteiger partial charge in [0, 0.05) is 25.3 Å². The minimum Gasteiger partial charge on any atom is -0.330 e. The van der Waals surface area contributed by atoms with Gasteiger partial charge in [-0.3, -0.25) is 4.68 Å². The van der Waals surface area contributed by atoms with Crippen LogP contribution < -0.4 is 5.73 Å². The van der Waals surface area contributed by atoms with E-state index in [9.17, 15) is 8.42 Å². The number of sulfonamides is 1. The second kappa shape index (κ2) is 8.51. The molecule has 0 aliphatic rings. The molecule has 0 saturated carbocycles. The van der Waals surface area contributed by atoms with Gasteiger partial charge in [0.15, 0.2) is 0 Å². The topological polar surface area (TPSA) is 81.2 Å². The molecule has 0 saturated heterocycles. The molecule has 0 bridgehead atoms. The number of aryl methyl sites for hydroxylation is 1. The number of nitrogens with two attached hydrogens (primary N) is 1. The zero-order valence-corrected chi connectivity index (χ0v) is 14.1. The summed E-state index contributed by atoms with van der Waals surface area (Å²) < 4.78 is 28.8. The Morgan fingerprint density at radius 3 is 2.67 bits per heavy atom. The Labute approximate surface area is 128 Å². The molecule has 1 rings (SSSR count). The smallest absolute Gasteiger partial charge is 0.246 e. The van der Waals surface area contributed by atoms with E-state index in [1.807, 2.05) is 13.8 Å². The van der Waals surface area contributed by atoms with Gasteiger partial charge in [-0.1, -0.05) is 20.3 Å². The fourth-order valence-corrected chi connectivity index (χ4v) is 3.78. The van der Waals surface area contributed by atoms with Gasteiger partial charge in [0.1, 0.15) is 4.90 Å². The normalized spacial score (nSPS) is 13.8. The molecule has 1 aromatic rings. The molecule has 0 aliphatic heterocycles. The Balaban J connectivity index is 2.96. The molecule has 21 heavy (non-hydrogen) atoms. The van der Waals surface area contributed by atoms with Crippen LogP contribution in [0.3, 0.4) is 0 Å². The Bertz CT molecular complexity index is 513. The van der Waals surface area contributed by atoms with Crippen molar-refractivity contribution in [2.45, 2.75) is 63.9 Å². The summed E-state index contributed by atoms with van der Waals surface area (Å²) >= 11 is 0. The SMILES string of the molecule is CCCCN(C(C)CC)S(=O)(=O)c1cnn(CCCN)c1. The highest BCUT2D eigenvalue weighted by Gasteiger charge is 2.28. The van der Waals surface area contributed by atoms with Crippen molar-refractivity contribution in [2.24, 2.45) is 5.73 Å². The molecule has 7 heteroatoms. The van der Waals surface area contributed by atoms with Gasteiger partial charge in [-0.05, 0) is 32.7 Å². The predicted molar refractivity (Wildman–Crippen MR) is 84.5 cm³/mol. The number of unbranched alkanes of at least 4 members (excludes halogenated alkanes) is 1. The maximum Gasteiger partial charge on any atom is 0.246 e. The molecular formula is C14H28N4O2S. The average molecular weight is 316 g/mol. The first-order chi connectivity index (χ1) is 9.97. The van der Waals surface area contributed by atoms with Crippen molar-refractivity contribution >= 4 is 10.0 Å². The molecule has 0 fully saturated rings. The standard InChI is InChI=1S/C14H28N4O2S/c1-4-6-10-18(13(3)5-2)21(19,20)14-11-16-17(12-14)9-7-8-15/h11-13H,4-10,15H2,1-3H3. The highest BCUT2D eigenvalue weighted by Crippen LogP contribution is 2.20. The molecule has 1 heterocycles. The Morgan fingerprint density at radius 1 is 1.38 bits per heavy atom. The third-order valence-electron chi connectivity index (χ3n) is 3.62. The number of hydrogen-bond acceptors (Lipinski definition) is 4. The quantitative estimate of drug-likeness (QED) is 0.714. The molecule has 0 radical (unpaired) electrons. The minimum absolute atomic E-state index is 0.00561. The first-order valence-electron chi connectivity index (χ1n) is 7.71. The molecule has 1 unspecified atom stereocenters. The van der Waals surface area contributed by atoms with E-state index in [2.05, 4.69) is 12.0 Å². The second-order valence-electron chi connectivity index (χ2n) is 5.31. The predicted octanol–water partition coefficient (Wildman–Crippen LogP) is 1.82. The zero-order valence-electron chi connectivity index (χ0n) is 13.3. The third-order valence-corrected chi connectivity index (χ3v) is 5.59. The fourth-order valence-electron chi connectivity index (χ4n) is 2.08. The van der Waals surface area contributed by atoms with Crippen LogP contribution >= 0.6 is 0 Å². The lowest BCUT2D eigenvalue weighted by Crippen LogP contribution is -2.38. The summed E-state index contributed by atoms with van der Waals surface area (Å²) in [6.07, 6.45) is 6.46. The van der Waals surface area contributed by atoms with E-state index in [-0.39, 0.29) is 10.9 Å². The number of nitrogens with zero attached hydrogens (tertiary/aromatic N) is 3. The van der Waals surface area contributed by atoms with Gasteiger partial charge in [-0.25, -0.2) is 8.42 Å². The van der Waals surface area contributed by atoms with Crippen LogP contribution in [0.1, 0.15) is 46.5 Å². The molecular weight excluding hydrogens is 288 g/mol. The molecule has 122 valence electrons. The summed E-state index contributed by atoms with van der Waals surface area (Å²) in [6.45, 7) is 7.78. The van der Waals surface area contributed by atoms with Crippen LogP contribution in [0.5, 0.6) is 0 Å². The van der Waals surface area contributed by atoms with E-state index >= 15 is 0 Å². The first kappa shape index (κ1) is 18.1. The van der Waals surface area contributed by atoms with E-state index < -0.39 is 10.0 Å². The van der Waals surface area contributed by atoms with Gasteiger partial charge < -0.3 is 5.73 Å². The third kappa shape index (κ3) is 4.79. The highest BCUT2D eigenvalue weighted by atomic mass is 32.2. The van der Waals surface area contributed by atoms with Crippen LogP contribution in [0.2, 0.25) is 0 Å². The first-order valence-corrected chi connectivity index (χ1v) is 9.15.